The van der Waals surface area contributed by atoms with Crippen LogP contribution in [0.5, 0.6) is 0 Å². The topological polar surface area (TPSA) is 44.8 Å². The van der Waals surface area contributed by atoms with E-state index in [0.717, 1.165) is 23.3 Å². The summed E-state index contributed by atoms with van der Waals surface area (Å²) in [5.74, 6) is -0.275. The van der Waals surface area contributed by atoms with Crippen LogP contribution < -0.4 is 0 Å². The van der Waals surface area contributed by atoms with Crippen LogP contribution in [0.15, 0.2) is 12.2 Å². The lowest BCUT2D eigenvalue weighted by atomic mass is 10.3. The largest absolute Gasteiger partial charge is 0.463 e. The van der Waals surface area contributed by atoms with Crippen molar-refractivity contribution in [1.29, 1.82) is 0 Å². The smallest absolute Gasteiger partial charge is 0.330 e. The normalized spacial score (nSPS) is 11.0. The van der Waals surface area contributed by atoms with Gasteiger partial charge in [-0.2, -0.15) is 0 Å². The monoisotopic (exact) mass is 232 g/mol. The number of ether oxygens (including phenoxy) is 2. The summed E-state index contributed by atoms with van der Waals surface area (Å²) in [4.78, 5) is 10.9. The molecule has 15 heavy (non-hydrogen) atoms. The van der Waals surface area contributed by atoms with Gasteiger partial charge < -0.3 is 13.9 Å². The van der Waals surface area contributed by atoms with Crippen LogP contribution in [0.3, 0.4) is 0 Å². The third kappa shape index (κ3) is 11.3. The summed E-state index contributed by atoms with van der Waals surface area (Å²) in [7, 11) is 0.764. The molecule has 0 unspecified atom stereocenters. The molecule has 0 aliphatic carbocycles. The third-order valence-electron chi connectivity index (χ3n) is 1.66. The molecule has 0 aliphatic rings. The predicted octanol–water partition coefficient (Wildman–Crippen LogP) is 0.199. The molecule has 0 rings (SSSR count). The molecule has 5 heteroatoms. The molecule has 0 spiro atoms. The van der Waals surface area contributed by atoms with Crippen molar-refractivity contribution >= 4 is 16.5 Å². The minimum atomic E-state index is -0.275. The first-order valence-electron chi connectivity index (χ1n) is 5.17. The van der Waals surface area contributed by atoms with E-state index in [0.29, 0.717) is 26.4 Å². The van der Waals surface area contributed by atoms with E-state index in [4.69, 9.17) is 13.9 Å². The first kappa shape index (κ1) is 14.3. The SMILES string of the molecule is CC=CC(=O)OCCCCOCCO[SiH3]. The summed E-state index contributed by atoms with van der Waals surface area (Å²) in [6.45, 7) is 4.29. The second kappa shape index (κ2) is 11.4. The molecule has 0 bridgehead atoms. The molecule has 0 amide bonds. The average molecular weight is 232 g/mol. The van der Waals surface area contributed by atoms with E-state index in [9.17, 15) is 4.79 Å². The molecular weight excluding hydrogens is 212 g/mol. The van der Waals surface area contributed by atoms with Crippen LogP contribution in [-0.4, -0.2) is 42.9 Å². The maximum Gasteiger partial charge on any atom is 0.330 e. The van der Waals surface area contributed by atoms with Crippen molar-refractivity contribution in [3.05, 3.63) is 12.2 Å². The Balaban J connectivity index is 3.08. The zero-order chi connectivity index (χ0) is 11.4. The molecular formula is C10H20O4Si. The van der Waals surface area contributed by atoms with Gasteiger partial charge in [0.2, 0.25) is 0 Å². The van der Waals surface area contributed by atoms with Gasteiger partial charge in [-0.1, -0.05) is 6.08 Å². The minimum absolute atomic E-state index is 0.275. The summed E-state index contributed by atoms with van der Waals surface area (Å²) in [5.41, 5.74) is 0. The average Bonchev–Trinajstić information content (AvgIpc) is 2.22. The number of carbonyl (C=O) groups excluding carboxylic acids is 1. The fourth-order valence-electron chi connectivity index (χ4n) is 0.907. The summed E-state index contributed by atoms with van der Waals surface area (Å²) in [6.07, 6.45) is 4.83. The van der Waals surface area contributed by atoms with E-state index in [2.05, 4.69) is 0 Å². The van der Waals surface area contributed by atoms with Crippen molar-refractivity contribution in [2.45, 2.75) is 19.8 Å². The number of hydrogen-bond acceptors (Lipinski definition) is 4. The predicted molar refractivity (Wildman–Crippen MR) is 61.7 cm³/mol. The molecule has 4 nitrogen and oxygen atoms in total. The molecule has 0 radical (unpaired) electrons. The molecule has 0 aliphatic heterocycles. The molecule has 0 N–H and O–H groups in total. The molecule has 0 aromatic carbocycles. The summed E-state index contributed by atoms with van der Waals surface area (Å²) in [6, 6.07) is 0. The van der Waals surface area contributed by atoms with E-state index in [1.807, 2.05) is 0 Å². The lowest BCUT2D eigenvalue weighted by molar-refractivity contribution is -0.137. The number of hydrogen-bond donors (Lipinski definition) is 0. The first-order chi connectivity index (χ1) is 7.31. The lowest BCUT2D eigenvalue weighted by Gasteiger charge is -2.04. The van der Waals surface area contributed by atoms with Crippen LogP contribution >= 0.6 is 0 Å². The van der Waals surface area contributed by atoms with Crippen molar-refractivity contribution in [3.8, 4) is 0 Å². The maximum absolute atomic E-state index is 10.9. The van der Waals surface area contributed by atoms with Crippen molar-refractivity contribution in [3.63, 3.8) is 0 Å². The van der Waals surface area contributed by atoms with E-state index < -0.39 is 0 Å². The van der Waals surface area contributed by atoms with Gasteiger partial charge in [-0.25, -0.2) is 4.79 Å². The van der Waals surface area contributed by atoms with Crippen LogP contribution in [0.2, 0.25) is 0 Å². The molecule has 88 valence electrons. The van der Waals surface area contributed by atoms with Crippen LogP contribution in [0.4, 0.5) is 0 Å². The van der Waals surface area contributed by atoms with Gasteiger partial charge >= 0.3 is 5.97 Å². The third-order valence-corrected chi connectivity index (χ3v) is 2.07. The number of rotatable bonds is 9. The zero-order valence-electron chi connectivity index (χ0n) is 9.53. The van der Waals surface area contributed by atoms with Crippen LogP contribution in [0.25, 0.3) is 0 Å². The molecule has 0 saturated carbocycles. The van der Waals surface area contributed by atoms with Crippen molar-refractivity contribution in [2.75, 3.05) is 26.4 Å². The lowest BCUT2D eigenvalue weighted by Crippen LogP contribution is -2.06. The van der Waals surface area contributed by atoms with Crippen molar-refractivity contribution in [2.24, 2.45) is 0 Å². The van der Waals surface area contributed by atoms with E-state index in [1.165, 1.54) is 6.08 Å². The van der Waals surface area contributed by atoms with E-state index in [1.54, 1.807) is 13.0 Å². The highest BCUT2D eigenvalue weighted by Crippen LogP contribution is 1.92. The Morgan fingerprint density at radius 3 is 2.60 bits per heavy atom. The number of allylic oxidation sites excluding steroid dienone is 1. The van der Waals surface area contributed by atoms with Gasteiger partial charge in [0, 0.05) is 12.7 Å². The number of unbranched alkanes of at least 4 members (excludes halogenated alkanes) is 1. The highest BCUT2D eigenvalue weighted by Gasteiger charge is 1.95. The Kier molecular flexibility index (Phi) is 10.9. The van der Waals surface area contributed by atoms with Crippen LogP contribution in [-0.2, 0) is 18.7 Å². The first-order valence-corrected chi connectivity index (χ1v) is 5.99. The quantitative estimate of drug-likeness (QED) is 0.246. The Labute approximate surface area is 94.1 Å². The van der Waals surface area contributed by atoms with Gasteiger partial charge in [-0.05, 0) is 19.8 Å². The highest BCUT2D eigenvalue weighted by atomic mass is 28.2. The molecule has 0 saturated heterocycles. The number of esters is 1. The standard InChI is InChI=1S/C10H20O4Si/c1-2-5-10(11)13-7-4-3-6-12-8-9-14-15/h2,5H,3-4,6-9H2,1,15H3. The minimum Gasteiger partial charge on any atom is -0.463 e. The van der Waals surface area contributed by atoms with Crippen LogP contribution in [0.1, 0.15) is 19.8 Å². The van der Waals surface area contributed by atoms with Gasteiger partial charge in [0.25, 0.3) is 0 Å². The van der Waals surface area contributed by atoms with Crippen molar-refractivity contribution < 1.29 is 18.7 Å². The highest BCUT2D eigenvalue weighted by molar-refractivity contribution is 5.97. The zero-order valence-corrected chi connectivity index (χ0v) is 11.5. The Bertz CT molecular complexity index is 182. The Hall–Kier alpha value is -0.653. The Morgan fingerprint density at radius 1 is 1.20 bits per heavy atom. The van der Waals surface area contributed by atoms with E-state index in [-0.39, 0.29) is 5.97 Å². The van der Waals surface area contributed by atoms with Crippen molar-refractivity contribution in [1.82, 2.24) is 0 Å². The maximum atomic E-state index is 10.9. The molecule has 0 aromatic heterocycles. The summed E-state index contributed by atoms with van der Waals surface area (Å²) < 4.78 is 15.1. The molecule has 0 aromatic rings. The second-order valence-electron chi connectivity index (χ2n) is 2.98. The van der Waals surface area contributed by atoms with Crippen LogP contribution in [0, 0.1) is 0 Å². The summed E-state index contributed by atoms with van der Waals surface area (Å²) >= 11 is 0. The fourth-order valence-corrected chi connectivity index (χ4v) is 1.07. The van der Waals surface area contributed by atoms with E-state index >= 15 is 0 Å². The second-order valence-corrected chi connectivity index (χ2v) is 3.56. The van der Waals surface area contributed by atoms with Gasteiger partial charge in [0.15, 0.2) is 0 Å². The molecule has 0 heterocycles. The van der Waals surface area contributed by atoms with Gasteiger partial charge in [-0.3, -0.25) is 0 Å². The number of carbonyl (C=O) groups is 1. The van der Waals surface area contributed by atoms with Gasteiger partial charge in [-0.15, -0.1) is 0 Å². The Morgan fingerprint density at radius 2 is 1.93 bits per heavy atom. The molecule has 0 fully saturated rings. The molecule has 0 atom stereocenters. The summed E-state index contributed by atoms with van der Waals surface area (Å²) in [5, 5.41) is 0. The van der Waals surface area contributed by atoms with Gasteiger partial charge in [0.1, 0.15) is 10.5 Å². The fraction of sp³-hybridized carbons (Fsp3) is 0.700. The van der Waals surface area contributed by atoms with Gasteiger partial charge in [0.05, 0.1) is 19.8 Å².